The fourth-order valence-corrected chi connectivity index (χ4v) is 1.91. The Morgan fingerprint density at radius 2 is 1.94 bits per heavy atom. The summed E-state index contributed by atoms with van der Waals surface area (Å²) in [7, 11) is 0. The molecular weight excluding hydrogens is 220 g/mol. The van der Waals surface area contributed by atoms with Crippen LogP contribution in [0.5, 0.6) is 5.75 Å². The molecule has 0 saturated carbocycles. The first kappa shape index (κ1) is 12.4. The summed E-state index contributed by atoms with van der Waals surface area (Å²) in [6.07, 6.45) is 2.84. The monoisotopic (exact) mass is 238 g/mol. The number of ether oxygens (including phenoxy) is 1. The van der Waals surface area contributed by atoms with E-state index in [-0.39, 0.29) is 0 Å². The van der Waals surface area contributed by atoms with Crippen LogP contribution in [-0.4, -0.2) is 0 Å². The second-order valence-electron chi connectivity index (χ2n) is 4.20. The van der Waals surface area contributed by atoms with Crippen LogP contribution < -0.4 is 4.74 Å². The van der Waals surface area contributed by atoms with E-state index in [1.54, 1.807) is 0 Å². The predicted molar refractivity (Wildman–Crippen MR) is 76.7 cm³/mol. The van der Waals surface area contributed by atoms with Gasteiger partial charge in [0.25, 0.3) is 0 Å². The van der Waals surface area contributed by atoms with E-state index in [4.69, 9.17) is 4.74 Å². The Morgan fingerprint density at radius 3 is 2.72 bits per heavy atom. The lowest BCUT2D eigenvalue weighted by atomic mass is 10.1. The van der Waals surface area contributed by atoms with Gasteiger partial charge in [0.2, 0.25) is 0 Å². The lowest BCUT2D eigenvalue weighted by Crippen LogP contribution is -1.98. The Labute approximate surface area is 109 Å². The summed E-state index contributed by atoms with van der Waals surface area (Å²) in [6.45, 7) is 6.51. The number of para-hydroxylation sites is 1. The number of benzene rings is 2. The molecule has 92 valence electrons. The zero-order chi connectivity index (χ0) is 12.8. The predicted octanol–water partition coefficient (Wildman–Crippen LogP) is 4.47. The topological polar surface area (TPSA) is 9.23 Å². The third-order valence-corrected chi connectivity index (χ3v) is 2.93. The third-order valence-electron chi connectivity index (χ3n) is 2.93. The van der Waals surface area contributed by atoms with Crippen LogP contribution in [0.15, 0.2) is 55.1 Å². The fourth-order valence-electron chi connectivity index (χ4n) is 1.91. The molecule has 0 heterocycles. The summed E-state index contributed by atoms with van der Waals surface area (Å²) in [5.74, 6) is 0.976. The van der Waals surface area contributed by atoms with E-state index >= 15 is 0 Å². The van der Waals surface area contributed by atoms with E-state index in [2.05, 4.69) is 31.7 Å². The first-order chi connectivity index (χ1) is 8.83. The van der Waals surface area contributed by atoms with Crippen LogP contribution in [-0.2, 0) is 13.0 Å². The van der Waals surface area contributed by atoms with Crippen molar-refractivity contribution in [2.45, 2.75) is 20.0 Å². The van der Waals surface area contributed by atoms with Crippen molar-refractivity contribution < 1.29 is 4.74 Å². The minimum absolute atomic E-state index is 0.596. The molecule has 0 bridgehead atoms. The fraction of sp³-hybridized carbons (Fsp3) is 0.176. The molecule has 2 aromatic rings. The SMILES string of the molecule is C=Cc1cccc(COc2ccccc2CC)c1. The number of aryl methyl sites for hydroxylation is 1. The van der Waals surface area contributed by atoms with Gasteiger partial charge < -0.3 is 4.74 Å². The highest BCUT2D eigenvalue weighted by molar-refractivity contribution is 5.47. The highest BCUT2D eigenvalue weighted by Gasteiger charge is 2.01. The first-order valence-electron chi connectivity index (χ1n) is 6.25. The van der Waals surface area contributed by atoms with Gasteiger partial charge in [-0.3, -0.25) is 0 Å². The maximum absolute atomic E-state index is 5.88. The lowest BCUT2D eigenvalue weighted by Gasteiger charge is -2.10. The molecule has 0 unspecified atom stereocenters. The van der Waals surface area contributed by atoms with Crippen molar-refractivity contribution in [3.8, 4) is 5.75 Å². The summed E-state index contributed by atoms with van der Waals surface area (Å²) in [4.78, 5) is 0. The Morgan fingerprint density at radius 1 is 1.11 bits per heavy atom. The molecule has 0 spiro atoms. The maximum Gasteiger partial charge on any atom is 0.122 e. The molecule has 0 radical (unpaired) electrons. The second-order valence-corrected chi connectivity index (χ2v) is 4.20. The van der Waals surface area contributed by atoms with E-state index in [0.717, 1.165) is 17.7 Å². The number of hydrogen-bond donors (Lipinski definition) is 0. The minimum Gasteiger partial charge on any atom is -0.489 e. The van der Waals surface area contributed by atoms with Gasteiger partial charge >= 0.3 is 0 Å². The molecule has 2 aromatic carbocycles. The quantitative estimate of drug-likeness (QED) is 0.746. The van der Waals surface area contributed by atoms with Crippen molar-refractivity contribution in [2.24, 2.45) is 0 Å². The number of rotatable bonds is 5. The van der Waals surface area contributed by atoms with Crippen molar-refractivity contribution in [3.05, 3.63) is 71.8 Å². The van der Waals surface area contributed by atoms with Crippen LogP contribution in [0, 0.1) is 0 Å². The van der Waals surface area contributed by atoms with Crippen LogP contribution >= 0.6 is 0 Å². The second kappa shape index (κ2) is 6.06. The Balaban J connectivity index is 2.08. The molecule has 18 heavy (non-hydrogen) atoms. The molecule has 2 rings (SSSR count). The highest BCUT2D eigenvalue weighted by atomic mass is 16.5. The van der Waals surface area contributed by atoms with Crippen LogP contribution in [0.4, 0.5) is 0 Å². The van der Waals surface area contributed by atoms with Gasteiger partial charge in [-0.15, -0.1) is 0 Å². The summed E-state index contributed by atoms with van der Waals surface area (Å²) < 4.78 is 5.88. The molecular formula is C17H18O. The van der Waals surface area contributed by atoms with E-state index in [9.17, 15) is 0 Å². The highest BCUT2D eigenvalue weighted by Crippen LogP contribution is 2.20. The van der Waals surface area contributed by atoms with Crippen molar-refractivity contribution in [3.63, 3.8) is 0 Å². The molecule has 0 atom stereocenters. The van der Waals surface area contributed by atoms with Gasteiger partial charge in [0.1, 0.15) is 12.4 Å². The minimum atomic E-state index is 0.596. The first-order valence-corrected chi connectivity index (χ1v) is 6.25. The van der Waals surface area contributed by atoms with Gasteiger partial charge in [-0.1, -0.05) is 56.0 Å². The number of hydrogen-bond acceptors (Lipinski definition) is 1. The summed E-state index contributed by atoms with van der Waals surface area (Å²) in [6, 6.07) is 16.4. The normalized spacial score (nSPS) is 10.1. The molecule has 0 N–H and O–H groups in total. The van der Waals surface area contributed by atoms with Crippen LogP contribution in [0.2, 0.25) is 0 Å². The van der Waals surface area contributed by atoms with Crippen LogP contribution in [0.1, 0.15) is 23.6 Å². The molecule has 0 aliphatic heterocycles. The van der Waals surface area contributed by atoms with Crippen molar-refractivity contribution in [1.29, 1.82) is 0 Å². The molecule has 1 nitrogen and oxygen atoms in total. The average Bonchev–Trinajstić information content (AvgIpc) is 2.45. The molecule has 0 aliphatic carbocycles. The van der Waals surface area contributed by atoms with Crippen LogP contribution in [0.25, 0.3) is 6.08 Å². The summed E-state index contributed by atoms with van der Waals surface area (Å²) in [5.41, 5.74) is 3.54. The van der Waals surface area contributed by atoms with E-state index in [0.29, 0.717) is 6.61 Å². The van der Waals surface area contributed by atoms with Gasteiger partial charge in [0.05, 0.1) is 0 Å². The van der Waals surface area contributed by atoms with E-state index < -0.39 is 0 Å². The Hall–Kier alpha value is -2.02. The Kier molecular flexibility index (Phi) is 4.19. The van der Waals surface area contributed by atoms with Gasteiger partial charge in [0, 0.05) is 0 Å². The molecule has 0 saturated heterocycles. The zero-order valence-electron chi connectivity index (χ0n) is 10.7. The molecule has 0 fully saturated rings. The van der Waals surface area contributed by atoms with Crippen molar-refractivity contribution in [2.75, 3.05) is 0 Å². The maximum atomic E-state index is 5.88. The third kappa shape index (κ3) is 3.01. The van der Waals surface area contributed by atoms with Gasteiger partial charge in [-0.2, -0.15) is 0 Å². The lowest BCUT2D eigenvalue weighted by molar-refractivity contribution is 0.303. The summed E-state index contributed by atoms with van der Waals surface area (Å²) >= 11 is 0. The van der Waals surface area contributed by atoms with Gasteiger partial charge in [-0.05, 0) is 35.2 Å². The molecule has 0 aliphatic rings. The van der Waals surface area contributed by atoms with Crippen LogP contribution in [0.3, 0.4) is 0 Å². The average molecular weight is 238 g/mol. The van der Waals surface area contributed by atoms with Crippen molar-refractivity contribution in [1.82, 2.24) is 0 Å². The summed E-state index contributed by atoms with van der Waals surface area (Å²) in [5, 5.41) is 0. The van der Waals surface area contributed by atoms with Crippen molar-refractivity contribution >= 4 is 6.08 Å². The Bertz CT molecular complexity index is 529. The van der Waals surface area contributed by atoms with E-state index in [1.165, 1.54) is 11.1 Å². The molecule has 0 aromatic heterocycles. The molecule has 1 heteroatoms. The van der Waals surface area contributed by atoms with Gasteiger partial charge in [-0.25, -0.2) is 0 Å². The smallest absolute Gasteiger partial charge is 0.122 e. The molecule has 0 amide bonds. The van der Waals surface area contributed by atoms with Gasteiger partial charge in [0.15, 0.2) is 0 Å². The zero-order valence-corrected chi connectivity index (χ0v) is 10.7. The largest absolute Gasteiger partial charge is 0.489 e. The van der Waals surface area contributed by atoms with E-state index in [1.807, 2.05) is 36.4 Å². The standard InChI is InChI=1S/C17H18O/c1-3-14-8-7-9-15(12-14)13-18-17-11-6-5-10-16(17)4-2/h3,5-12H,1,4,13H2,2H3.